The minimum atomic E-state index is -1.21. The lowest BCUT2D eigenvalue weighted by atomic mass is 9.99. The number of carbonyl (C=O) groups is 1. The van der Waals surface area contributed by atoms with Crippen molar-refractivity contribution in [2.45, 2.75) is 26.7 Å². The van der Waals surface area contributed by atoms with Crippen LogP contribution in [-0.4, -0.2) is 15.6 Å². The van der Waals surface area contributed by atoms with Gasteiger partial charge in [0.1, 0.15) is 11.4 Å². The number of benzene rings is 1. The number of halogens is 1. The highest BCUT2D eigenvalue weighted by Gasteiger charge is 2.22. The van der Waals surface area contributed by atoms with Crippen molar-refractivity contribution in [2.75, 3.05) is 0 Å². The van der Waals surface area contributed by atoms with Crippen molar-refractivity contribution in [1.29, 1.82) is 0 Å². The van der Waals surface area contributed by atoms with E-state index in [2.05, 4.69) is 0 Å². The molecule has 0 unspecified atom stereocenters. The highest BCUT2D eigenvalue weighted by molar-refractivity contribution is 5.90. The molecule has 1 N–H and O–H groups in total. The first kappa shape index (κ1) is 15.9. The molecule has 4 nitrogen and oxygen atoms in total. The molecule has 1 heterocycles. The zero-order chi connectivity index (χ0) is 16.4. The summed E-state index contributed by atoms with van der Waals surface area (Å²) < 4.78 is 14.8. The van der Waals surface area contributed by atoms with Gasteiger partial charge in [0.15, 0.2) is 5.43 Å². The lowest BCUT2D eigenvalue weighted by Crippen LogP contribution is -2.26. The third kappa shape index (κ3) is 2.66. The zero-order valence-corrected chi connectivity index (χ0v) is 12.8. The molecule has 0 aliphatic carbocycles. The minimum Gasteiger partial charge on any atom is -0.477 e. The molecule has 0 spiro atoms. The second kappa shape index (κ2) is 6.13. The Morgan fingerprint density at radius 3 is 2.36 bits per heavy atom. The Bertz CT molecular complexity index is 776. The smallest absolute Gasteiger partial charge is 0.341 e. The van der Waals surface area contributed by atoms with E-state index in [0.29, 0.717) is 28.9 Å². The second-order valence-electron chi connectivity index (χ2n) is 5.25. The molecule has 0 saturated heterocycles. The Balaban J connectivity index is 2.83. The van der Waals surface area contributed by atoms with E-state index in [1.165, 1.54) is 12.1 Å². The van der Waals surface area contributed by atoms with Crippen molar-refractivity contribution < 1.29 is 14.3 Å². The van der Waals surface area contributed by atoms with Crippen LogP contribution < -0.4 is 5.43 Å². The van der Waals surface area contributed by atoms with Crippen LogP contribution in [0.2, 0.25) is 0 Å². The first-order chi connectivity index (χ1) is 10.4. The largest absolute Gasteiger partial charge is 0.477 e. The number of hydrogen-bond donors (Lipinski definition) is 1. The first-order valence-electron chi connectivity index (χ1n) is 7.10. The summed E-state index contributed by atoms with van der Waals surface area (Å²) in [7, 11) is 1.74. The maximum Gasteiger partial charge on any atom is 0.341 e. The summed E-state index contributed by atoms with van der Waals surface area (Å²) in [5.41, 5.74) is 1.50. The predicted molar refractivity (Wildman–Crippen MR) is 82.8 cm³/mol. The Kier molecular flexibility index (Phi) is 4.45. The van der Waals surface area contributed by atoms with Crippen LogP contribution in [-0.2, 0) is 13.5 Å². The molecule has 0 aliphatic heterocycles. The van der Waals surface area contributed by atoms with Crippen molar-refractivity contribution in [2.24, 2.45) is 7.05 Å². The van der Waals surface area contributed by atoms with Crippen LogP contribution in [0.4, 0.5) is 4.39 Å². The Morgan fingerprint density at radius 1 is 1.27 bits per heavy atom. The van der Waals surface area contributed by atoms with Gasteiger partial charge in [-0.3, -0.25) is 4.79 Å². The maximum absolute atomic E-state index is 13.1. The van der Waals surface area contributed by atoms with Gasteiger partial charge in [0.2, 0.25) is 0 Å². The number of aromatic carboxylic acids is 1. The van der Waals surface area contributed by atoms with Crippen LogP contribution >= 0.6 is 0 Å². The minimum absolute atomic E-state index is 0.173. The lowest BCUT2D eigenvalue weighted by molar-refractivity contribution is 0.0693. The van der Waals surface area contributed by atoms with Crippen LogP contribution in [0, 0.1) is 12.7 Å². The van der Waals surface area contributed by atoms with Crippen molar-refractivity contribution in [3.63, 3.8) is 0 Å². The summed E-state index contributed by atoms with van der Waals surface area (Å²) in [6.45, 7) is 3.52. The fourth-order valence-corrected chi connectivity index (χ4v) is 2.75. The van der Waals surface area contributed by atoms with Crippen molar-refractivity contribution in [3.05, 3.63) is 57.1 Å². The molecule has 116 valence electrons. The van der Waals surface area contributed by atoms with Gasteiger partial charge in [0, 0.05) is 18.3 Å². The number of pyridine rings is 1. The number of rotatable bonds is 4. The van der Waals surface area contributed by atoms with Crippen LogP contribution in [0.3, 0.4) is 0 Å². The topological polar surface area (TPSA) is 59.3 Å². The number of carboxylic acids is 1. The molecule has 0 aliphatic rings. The van der Waals surface area contributed by atoms with Gasteiger partial charge in [-0.15, -0.1) is 0 Å². The predicted octanol–water partition coefficient (Wildman–Crippen LogP) is 3.15. The van der Waals surface area contributed by atoms with Crippen molar-refractivity contribution in [1.82, 2.24) is 4.57 Å². The normalized spacial score (nSPS) is 10.7. The molecule has 0 amide bonds. The Labute approximate surface area is 127 Å². The second-order valence-corrected chi connectivity index (χ2v) is 5.25. The van der Waals surface area contributed by atoms with Crippen LogP contribution in [0.15, 0.2) is 29.1 Å². The molecule has 0 saturated carbocycles. The van der Waals surface area contributed by atoms with Gasteiger partial charge in [0.25, 0.3) is 0 Å². The fourth-order valence-electron chi connectivity index (χ4n) is 2.75. The Morgan fingerprint density at radius 2 is 1.86 bits per heavy atom. The lowest BCUT2D eigenvalue weighted by Gasteiger charge is -2.19. The zero-order valence-electron chi connectivity index (χ0n) is 12.8. The van der Waals surface area contributed by atoms with Gasteiger partial charge < -0.3 is 9.67 Å². The molecule has 0 fully saturated rings. The molecule has 0 bridgehead atoms. The van der Waals surface area contributed by atoms with Gasteiger partial charge in [0.05, 0.1) is 5.69 Å². The van der Waals surface area contributed by atoms with E-state index in [0.717, 1.165) is 6.42 Å². The van der Waals surface area contributed by atoms with Crippen LogP contribution in [0.25, 0.3) is 11.3 Å². The molecule has 1 aromatic heterocycles. The number of hydrogen-bond acceptors (Lipinski definition) is 2. The number of nitrogens with zero attached hydrogens (tertiary/aromatic N) is 1. The fraction of sp³-hybridized carbons (Fsp3) is 0.294. The van der Waals surface area contributed by atoms with E-state index in [1.807, 2.05) is 6.92 Å². The molecule has 0 atom stereocenters. The van der Waals surface area contributed by atoms with Gasteiger partial charge in [-0.2, -0.15) is 0 Å². The molecule has 22 heavy (non-hydrogen) atoms. The summed E-state index contributed by atoms with van der Waals surface area (Å²) in [5, 5.41) is 9.36. The van der Waals surface area contributed by atoms with Crippen LogP contribution in [0.5, 0.6) is 0 Å². The molecule has 2 rings (SSSR count). The standard InChI is InChI=1S/C17H18FNO3/c1-4-5-13-14(17(21)22)16(20)10(2)15(19(13)3)11-6-8-12(18)9-7-11/h6-9H,4-5H2,1-3H3,(H,21,22). The average Bonchev–Trinajstić information content (AvgIpc) is 2.47. The third-order valence-electron chi connectivity index (χ3n) is 3.77. The molecular formula is C17H18FNO3. The van der Waals surface area contributed by atoms with Gasteiger partial charge >= 0.3 is 5.97 Å². The van der Waals surface area contributed by atoms with Gasteiger partial charge in [-0.05, 0) is 43.2 Å². The van der Waals surface area contributed by atoms with Gasteiger partial charge in [-0.25, -0.2) is 9.18 Å². The molecular weight excluding hydrogens is 285 g/mol. The van der Waals surface area contributed by atoms with E-state index in [1.54, 1.807) is 30.7 Å². The van der Waals surface area contributed by atoms with E-state index in [9.17, 15) is 19.1 Å². The summed E-state index contributed by atoms with van der Waals surface area (Å²) in [5.74, 6) is -1.57. The summed E-state index contributed by atoms with van der Waals surface area (Å²) in [6.07, 6.45) is 1.21. The SMILES string of the molecule is CCCc1c(C(=O)O)c(=O)c(C)c(-c2ccc(F)cc2)n1C. The molecule has 0 radical (unpaired) electrons. The first-order valence-corrected chi connectivity index (χ1v) is 7.10. The van der Waals surface area contributed by atoms with Crippen LogP contribution in [0.1, 0.15) is 35.0 Å². The van der Waals surface area contributed by atoms with E-state index >= 15 is 0 Å². The Hall–Kier alpha value is -2.43. The monoisotopic (exact) mass is 303 g/mol. The quantitative estimate of drug-likeness (QED) is 0.944. The summed E-state index contributed by atoms with van der Waals surface area (Å²) in [4.78, 5) is 23.9. The highest BCUT2D eigenvalue weighted by Crippen LogP contribution is 2.24. The number of aromatic nitrogens is 1. The third-order valence-corrected chi connectivity index (χ3v) is 3.77. The van der Waals surface area contributed by atoms with Gasteiger partial charge in [-0.1, -0.05) is 13.3 Å². The average molecular weight is 303 g/mol. The highest BCUT2D eigenvalue weighted by atomic mass is 19.1. The number of carboxylic acid groups (broad SMARTS) is 1. The van der Waals surface area contributed by atoms with E-state index in [-0.39, 0.29) is 11.4 Å². The summed E-state index contributed by atoms with van der Waals surface area (Å²) in [6, 6.07) is 5.83. The maximum atomic E-state index is 13.1. The van der Waals surface area contributed by atoms with Crippen molar-refractivity contribution in [3.8, 4) is 11.3 Å². The molecule has 1 aromatic carbocycles. The summed E-state index contributed by atoms with van der Waals surface area (Å²) >= 11 is 0. The molecule has 2 aromatic rings. The molecule has 5 heteroatoms. The van der Waals surface area contributed by atoms with E-state index in [4.69, 9.17) is 0 Å². The van der Waals surface area contributed by atoms with Crippen molar-refractivity contribution >= 4 is 5.97 Å². The van der Waals surface area contributed by atoms with E-state index < -0.39 is 11.4 Å².